The fourth-order valence-electron chi connectivity index (χ4n) is 4.87. The summed E-state index contributed by atoms with van der Waals surface area (Å²) in [7, 11) is 0. The molecule has 1 saturated heterocycles. The molecule has 176 valence electrons. The number of fused-ring (bicyclic) bond motifs is 1. The van der Waals surface area contributed by atoms with Gasteiger partial charge in [-0.1, -0.05) is 18.6 Å². The quantitative estimate of drug-likeness (QED) is 0.395. The summed E-state index contributed by atoms with van der Waals surface area (Å²) in [6.45, 7) is 4.05. The third-order valence-corrected chi connectivity index (χ3v) is 6.73. The molecule has 3 aromatic rings. The molecule has 3 aromatic carbocycles. The Morgan fingerprint density at radius 2 is 1.59 bits per heavy atom. The van der Waals surface area contributed by atoms with E-state index in [0.717, 1.165) is 53.2 Å². The maximum Gasteiger partial charge on any atom is 0.119 e. The van der Waals surface area contributed by atoms with Gasteiger partial charge in [-0.05, 0) is 104 Å². The molecule has 0 spiro atoms. The number of aryl methyl sites for hydroxylation is 1. The van der Waals surface area contributed by atoms with Crippen LogP contribution in [0, 0.1) is 0 Å². The lowest BCUT2D eigenvalue weighted by Crippen LogP contribution is -2.33. The topological polar surface area (TPSA) is 65.0 Å². The zero-order valence-corrected chi connectivity index (χ0v) is 19.5. The van der Waals surface area contributed by atoms with Gasteiger partial charge in [-0.15, -0.1) is 0 Å². The van der Waals surface area contributed by atoms with Crippen LogP contribution in [0.2, 0.25) is 0 Å². The lowest BCUT2D eigenvalue weighted by molar-refractivity contribution is 0.183. The summed E-state index contributed by atoms with van der Waals surface area (Å²) >= 11 is 0. The number of anilines is 2. The molecule has 0 unspecified atom stereocenters. The molecular weight excluding hydrogens is 424 g/mol. The molecule has 1 aliphatic carbocycles. The second-order valence-electron chi connectivity index (χ2n) is 9.18. The first-order chi connectivity index (χ1) is 16.6. The van der Waals surface area contributed by atoms with Gasteiger partial charge in [0.05, 0.1) is 0 Å². The number of likely N-dealkylation sites (tertiary alicyclic amines) is 1. The highest BCUT2D eigenvalue weighted by Crippen LogP contribution is 2.37. The van der Waals surface area contributed by atoms with Crippen molar-refractivity contribution >= 4 is 23.0 Å². The van der Waals surface area contributed by atoms with Gasteiger partial charge in [-0.2, -0.15) is 0 Å². The van der Waals surface area contributed by atoms with E-state index in [4.69, 9.17) is 4.74 Å². The number of ether oxygens (including phenoxy) is 1. The average molecular weight is 457 g/mol. The number of rotatable bonds is 7. The second-order valence-corrected chi connectivity index (χ2v) is 9.18. The Balaban J connectivity index is 1.27. The largest absolute Gasteiger partial charge is 0.508 e. The summed E-state index contributed by atoms with van der Waals surface area (Å²) < 4.78 is 5.96. The average Bonchev–Trinajstić information content (AvgIpc) is 2.86. The van der Waals surface area contributed by atoms with Gasteiger partial charge < -0.3 is 20.3 Å². The van der Waals surface area contributed by atoms with Crippen LogP contribution in [0.4, 0.5) is 11.4 Å². The Kier molecular flexibility index (Phi) is 6.72. The Morgan fingerprint density at radius 3 is 2.41 bits per heavy atom. The van der Waals surface area contributed by atoms with Crippen molar-refractivity contribution in [3.8, 4) is 17.2 Å². The molecule has 0 radical (unpaired) electrons. The van der Waals surface area contributed by atoms with Crippen LogP contribution < -0.4 is 10.1 Å². The minimum absolute atomic E-state index is 0.227. The third-order valence-electron chi connectivity index (χ3n) is 6.73. The molecule has 5 heteroatoms. The van der Waals surface area contributed by atoms with Gasteiger partial charge in [0.1, 0.15) is 23.9 Å². The summed E-state index contributed by atoms with van der Waals surface area (Å²) in [5.41, 5.74) is 6.37. The highest BCUT2D eigenvalue weighted by atomic mass is 16.5. The van der Waals surface area contributed by atoms with Crippen molar-refractivity contribution in [1.82, 2.24) is 4.90 Å². The number of allylic oxidation sites excluding steroid dienone is 1. The molecule has 3 N–H and O–H groups in total. The van der Waals surface area contributed by atoms with Gasteiger partial charge in [0.25, 0.3) is 0 Å². The molecule has 2 aliphatic rings. The van der Waals surface area contributed by atoms with E-state index >= 15 is 0 Å². The summed E-state index contributed by atoms with van der Waals surface area (Å²) in [6, 6.07) is 19.0. The van der Waals surface area contributed by atoms with Gasteiger partial charge in [-0.3, -0.25) is 4.90 Å². The van der Waals surface area contributed by atoms with E-state index in [9.17, 15) is 10.2 Å². The molecule has 34 heavy (non-hydrogen) atoms. The van der Waals surface area contributed by atoms with E-state index in [-0.39, 0.29) is 5.75 Å². The van der Waals surface area contributed by atoms with Crippen LogP contribution in [0.25, 0.3) is 11.6 Å². The SMILES string of the molecule is Oc1ccc2c(c1)CCC(c1ccc(O)cc1Nc1ccc(OCCN3CCCCC3)cc1)=C2. The number of aromatic hydroxyl groups is 2. The number of phenols is 2. The lowest BCUT2D eigenvalue weighted by atomic mass is 9.88. The van der Waals surface area contributed by atoms with Crippen molar-refractivity contribution in [3.63, 3.8) is 0 Å². The Labute approximate surface area is 201 Å². The number of benzene rings is 3. The fraction of sp³-hybridized carbons (Fsp3) is 0.310. The highest BCUT2D eigenvalue weighted by molar-refractivity contribution is 5.90. The Bertz CT molecular complexity index is 1160. The zero-order valence-electron chi connectivity index (χ0n) is 19.5. The van der Waals surface area contributed by atoms with Crippen LogP contribution in [-0.2, 0) is 6.42 Å². The summed E-state index contributed by atoms with van der Waals surface area (Å²) in [4.78, 5) is 2.48. The van der Waals surface area contributed by atoms with E-state index < -0.39 is 0 Å². The van der Waals surface area contributed by atoms with E-state index in [2.05, 4.69) is 16.3 Å². The molecule has 1 heterocycles. The van der Waals surface area contributed by atoms with Crippen LogP contribution in [0.5, 0.6) is 17.2 Å². The minimum atomic E-state index is 0.227. The molecule has 5 rings (SSSR count). The molecule has 0 saturated carbocycles. The summed E-state index contributed by atoms with van der Waals surface area (Å²) in [6.07, 6.45) is 7.87. The van der Waals surface area contributed by atoms with Crippen molar-refractivity contribution in [2.24, 2.45) is 0 Å². The number of hydrogen-bond donors (Lipinski definition) is 3. The number of phenolic OH excluding ortho intramolecular Hbond substituents is 2. The molecular formula is C29H32N2O3. The van der Waals surface area contributed by atoms with Gasteiger partial charge in [0.15, 0.2) is 0 Å². The number of hydrogen-bond acceptors (Lipinski definition) is 5. The van der Waals surface area contributed by atoms with E-state index in [1.54, 1.807) is 18.2 Å². The van der Waals surface area contributed by atoms with E-state index in [1.165, 1.54) is 37.9 Å². The summed E-state index contributed by atoms with van der Waals surface area (Å²) in [5, 5.41) is 23.4. The van der Waals surface area contributed by atoms with Crippen LogP contribution >= 0.6 is 0 Å². The molecule has 0 atom stereocenters. The highest BCUT2D eigenvalue weighted by Gasteiger charge is 2.16. The number of nitrogens with one attached hydrogen (secondary N) is 1. The van der Waals surface area contributed by atoms with E-state index in [0.29, 0.717) is 12.4 Å². The van der Waals surface area contributed by atoms with Crippen molar-refractivity contribution < 1.29 is 14.9 Å². The predicted molar refractivity (Wildman–Crippen MR) is 138 cm³/mol. The van der Waals surface area contributed by atoms with Crippen molar-refractivity contribution in [3.05, 3.63) is 77.4 Å². The van der Waals surface area contributed by atoms with Crippen LogP contribution in [0.3, 0.4) is 0 Å². The van der Waals surface area contributed by atoms with Crippen molar-refractivity contribution in [2.45, 2.75) is 32.1 Å². The maximum absolute atomic E-state index is 10.1. The molecule has 1 aliphatic heterocycles. The van der Waals surface area contributed by atoms with Gasteiger partial charge in [0, 0.05) is 29.5 Å². The molecule has 1 fully saturated rings. The number of nitrogens with zero attached hydrogens (tertiary/aromatic N) is 1. The van der Waals surface area contributed by atoms with Crippen LogP contribution in [-0.4, -0.2) is 41.4 Å². The molecule has 0 aromatic heterocycles. The van der Waals surface area contributed by atoms with Gasteiger partial charge >= 0.3 is 0 Å². The van der Waals surface area contributed by atoms with Gasteiger partial charge in [-0.25, -0.2) is 0 Å². The minimum Gasteiger partial charge on any atom is -0.508 e. The first-order valence-electron chi connectivity index (χ1n) is 12.2. The third kappa shape index (κ3) is 5.37. The van der Waals surface area contributed by atoms with Gasteiger partial charge in [0.2, 0.25) is 0 Å². The predicted octanol–water partition coefficient (Wildman–Crippen LogP) is 6.19. The zero-order chi connectivity index (χ0) is 23.3. The van der Waals surface area contributed by atoms with Crippen molar-refractivity contribution in [1.29, 1.82) is 0 Å². The molecule has 0 bridgehead atoms. The maximum atomic E-state index is 10.1. The normalized spacial score (nSPS) is 15.9. The first-order valence-corrected chi connectivity index (χ1v) is 12.2. The summed E-state index contributed by atoms with van der Waals surface area (Å²) in [5.74, 6) is 1.40. The number of piperidine rings is 1. The first kappa shape index (κ1) is 22.4. The van der Waals surface area contributed by atoms with Crippen LogP contribution in [0.15, 0.2) is 60.7 Å². The Morgan fingerprint density at radius 1 is 0.824 bits per heavy atom. The second kappa shape index (κ2) is 10.2. The Hall–Kier alpha value is -3.44. The fourth-order valence-corrected chi connectivity index (χ4v) is 4.87. The molecule has 5 nitrogen and oxygen atoms in total. The van der Waals surface area contributed by atoms with Crippen LogP contribution in [0.1, 0.15) is 42.4 Å². The van der Waals surface area contributed by atoms with E-state index in [1.807, 2.05) is 42.5 Å². The standard InChI is InChI=1S/C29H32N2O3/c32-25-9-6-21-18-23(5-4-22(21)19-25)28-13-10-26(33)20-29(28)30-24-7-11-27(12-8-24)34-17-16-31-14-2-1-3-15-31/h6-13,18-20,30,32-33H,1-5,14-17H2. The monoisotopic (exact) mass is 456 g/mol. The molecule has 0 amide bonds. The smallest absolute Gasteiger partial charge is 0.119 e. The van der Waals surface area contributed by atoms with Crippen molar-refractivity contribution in [2.75, 3.05) is 31.6 Å². The lowest BCUT2D eigenvalue weighted by Gasteiger charge is -2.26.